The molecule has 2 heterocycles. The van der Waals surface area contributed by atoms with E-state index in [9.17, 15) is 13.2 Å². The minimum absolute atomic E-state index is 0.195. The third-order valence-corrected chi connectivity index (χ3v) is 6.94. The molecule has 0 unspecified atom stereocenters. The number of urea groups is 1. The first-order chi connectivity index (χ1) is 16.7. The lowest BCUT2D eigenvalue weighted by Crippen LogP contribution is -2.37. The van der Waals surface area contributed by atoms with Gasteiger partial charge in [-0.15, -0.1) is 0 Å². The van der Waals surface area contributed by atoms with Crippen molar-refractivity contribution in [2.75, 3.05) is 48.1 Å². The molecule has 2 amide bonds. The number of anilines is 3. The monoisotopic (exact) mass is 495 g/mol. The van der Waals surface area contributed by atoms with Crippen LogP contribution in [0.25, 0.3) is 11.4 Å². The zero-order chi connectivity index (χ0) is 25.0. The Hall–Kier alpha value is -3.50. The first-order valence-corrected chi connectivity index (χ1v) is 13.3. The van der Waals surface area contributed by atoms with E-state index in [-0.39, 0.29) is 4.90 Å². The van der Waals surface area contributed by atoms with Crippen molar-refractivity contribution in [2.24, 2.45) is 0 Å². The number of rotatable bonds is 6. The van der Waals surface area contributed by atoms with Crippen molar-refractivity contribution < 1.29 is 17.9 Å². The Morgan fingerprint density at radius 1 is 0.971 bits per heavy atom. The van der Waals surface area contributed by atoms with Crippen LogP contribution in [0, 0.1) is 6.92 Å². The number of hydrogen-bond donors (Lipinski definition) is 2. The summed E-state index contributed by atoms with van der Waals surface area (Å²) in [5.74, 6) is 1.59. The summed E-state index contributed by atoms with van der Waals surface area (Å²) in [5.41, 5.74) is 4.06. The molecular formula is C25H29N5O4S. The fourth-order valence-corrected chi connectivity index (χ4v) is 4.52. The first-order valence-electron chi connectivity index (χ1n) is 11.4. The van der Waals surface area contributed by atoms with Crippen molar-refractivity contribution in [1.82, 2.24) is 9.97 Å². The molecule has 10 heteroatoms. The molecular weight excluding hydrogens is 466 g/mol. The number of sulfone groups is 1. The third kappa shape index (κ3) is 5.95. The van der Waals surface area contributed by atoms with Crippen LogP contribution in [0.4, 0.5) is 22.0 Å². The number of aryl methyl sites for hydroxylation is 1. The van der Waals surface area contributed by atoms with Crippen molar-refractivity contribution in [3.63, 3.8) is 0 Å². The minimum atomic E-state index is -3.29. The van der Waals surface area contributed by atoms with Gasteiger partial charge in [-0.3, -0.25) is 0 Å². The zero-order valence-corrected chi connectivity index (χ0v) is 20.9. The molecule has 184 valence electrons. The number of nitrogens with zero attached hydrogens (tertiary/aromatic N) is 3. The van der Waals surface area contributed by atoms with E-state index < -0.39 is 15.9 Å². The highest BCUT2D eigenvalue weighted by Crippen LogP contribution is 2.27. The van der Waals surface area contributed by atoms with Crippen LogP contribution < -0.4 is 15.5 Å². The second kappa shape index (κ2) is 10.4. The number of amides is 2. The van der Waals surface area contributed by atoms with Gasteiger partial charge in [0.15, 0.2) is 15.7 Å². The lowest BCUT2D eigenvalue weighted by atomic mass is 10.1. The van der Waals surface area contributed by atoms with E-state index in [1.165, 1.54) is 12.1 Å². The summed E-state index contributed by atoms with van der Waals surface area (Å²) in [4.78, 5) is 24.5. The smallest absolute Gasteiger partial charge is 0.323 e. The highest BCUT2D eigenvalue weighted by molar-refractivity contribution is 7.90. The van der Waals surface area contributed by atoms with E-state index in [1.54, 1.807) is 24.3 Å². The maximum absolute atomic E-state index is 12.4. The summed E-state index contributed by atoms with van der Waals surface area (Å²) in [7, 11) is -3.29. The number of benzene rings is 2. The standard InChI is InChI=1S/C25H29N5O4S/c1-4-22-17(2)24(30-13-15-34-16-14-30)29-23(28-22)18-5-7-19(8-6-18)26-25(31)27-20-9-11-21(12-10-20)35(3,32)33/h5-12H,4,13-16H2,1-3H3,(H2,26,27,31). The number of nitrogens with one attached hydrogen (secondary N) is 2. The summed E-state index contributed by atoms with van der Waals surface area (Å²) in [6, 6.07) is 12.9. The number of carbonyl (C=O) groups excluding carboxylic acids is 1. The number of hydrogen-bond acceptors (Lipinski definition) is 7. The van der Waals surface area contributed by atoms with E-state index in [0.29, 0.717) is 30.4 Å². The lowest BCUT2D eigenvalue weighted by Gasteiger charge is -2.29. The molecule has 0 aliphatic carbocycles. The van der Waals surface area contributed by atoms with Crippen LogP contribution in [0.2, 0.25) is 0 Å². The lowest BCUT2D eigenvalue weighted by molar-refractivity contribution is 0.122. The van der Waals surface area contributed by atoms with Crippen LogP contribution in [-0.4, -0.2) is 57.0 Å². The van der Waals surface area contributed by atoms with Crippen molar-refractivity contribution in [3.05, 3.63) is 59.8 Å². The van der Waals surface area contributed by atoms with Gasteiger partial charge in [0.25, 0.3) is 0 Å². The zero-order valence-electron chi connectivity index (χ0n) is 20.0. The quantitative estimate of drug-likeness (QED) is 0.533. The van der Waals surface area contributed by atoms with Crippen molar-refractivity contribution in [3.8, 4) is 11.4 Å². The molecule has 0 atom stereocenters. The minimum Gasteiger partial charge on any atom is -0.378 e. The molecule has 1 aliphatic rings. The fourth-order valence-electron chi connectivity index (χ4n) is 3.89. The van der Waals surface area contributed by atoms with Crippen molar-refractivity contribution >= 4 is 33.1 Å². The molecule has 0 bridgehead atoms. The van der Waals surface area contributed by atoms with Gasteiger partial charge in [-0.1, -0.05) is 6.92 Å². The van der Waals surface area contributed by atoms with Gasteiger partial charge in [-0.05, 0) is 61.9 Å². The summed E-state index contributed by atoms with van der Waals surface area (Å²) < 4.78 is 28.6. The van der Waals surface area contributed by atoms with Crippen molar-refractivity contribution in [2.45, 2.75) is 25.2 Å². The Bertz CT molecular complexity index is 1300. The Kier molecular flexibility index (Phi) is 7.32. The third-order valence-electron chi connectivity index (χ3n) is 5.81. The van der Waals surface area contributed by atoms with Crippen LogP contribution >= 0.6 is 0 Å². The molecule has 0 saturated carbocycles. The second-order valence-corrected chi connectivity index (χ2v) is 10.4. The summed E-state index contributed by atoms with van der Waals surface area (Å²) in [6.45, 7) is 7.12. The average Bonchev–Trinajstić information content (AvgIpc) is 2.85. The van der Waals surface area contributed by atoms with E-state index in [0.717, 1.165) is 48.4 Å². The molecule has 3 aromatic rings. The number of carbonyl (C=O) groups is 1. The maximum Gasteiger partial charge on any atom is 0.323 e. The van der Waals surface area contributed by atoms with Crippen molar-refractivity contribution in [1.29, 1.82) is 0 Å². The summed E-state index contributed by atoms with van der Waals surface area (Å²) >= 11 is 0. The molecule has 0 spiro atoms. The number of ether oxygens (including phenoxy) is 1. The van der Waals surface area contributed by atoms with E-state index in [1.807, 2.05) is 12.1 Å². The molecule has 9 nitrogen and oxygen atoms in total. The summed E-state index contributed by atoms with van der Waals surface area (Å²) in [6.07, 6.45) is 1.95. The van der Waals surface area contributed by atoms with Gasteiger partial charge in [-0.25, -0.2) is 23.2 Å². The molecule has 2 aromatic carbocycles. The predicted molar refractivity (Wildman–Crippen MR) is 137 cm³/mol. The van der Waals surface area contributed by atoms with E-state index >= 15 is 0 Å². The van der Waals surface area contributed by atoms with Crippen LogP contribution in [-0.2, 0) is 21.0 Å². The topological polar surface area (TPSA) is 114 Å². The highest BCUT2D eigenvalue weighted by Gasteiger charge is 2.19. The maximum atomic E-state index is 12.4. The molecule has 1 aromatic heterocycles. The average molecular weight is 496 g/mol. The van der Waals surface area contributed by atoms with Gasteiger partial charge in [-0.2, -0.15) is 0 Å². The molecule has 1 saturated heterocycles. The Labute approximate surface area is 205 Å². The van der Waals surface area contributed by atoms with E-state index in [2.05, 4.69) is 29.4 Å². The van der Waals surface area contributed by atoms with E-state index in [4.69, 9.17) is 14.7 Å². The molecule has 4 rings (SSSR count). The predicted octanol–water partition coefficient (Wildman–Crippen LogP) is 3.90. The van der Waals surface area contributed by atoms with Crippen LogP contribution in [0.3, 0.4) is 0 Å². The van der Waals surface area contributed by atoms with Gasteiger partial charge < -0.3 is 20.3 Å². The van der Waals surface area contributed by atoms with Gasteiger partial charge in [0.05, 0.1) is 18.1 Å². The normalized spacial score (nSPS) is 14.0. The van der Waals surface area contributed by atoms with Gasteiger partial charge in [0, 0.05) is 47.5 Å². The fraction of sp³-hybridized carbons (Fsp3) is 0.320. The molecule has 0 radical (unpaired) electrons. The highest BCUT2D eigenvalue weighted by atomic mass is 32.2. The molecule has 1 aliphatic heterocycles. The molecule has 2 N–H and O–H groups in total. The SMILES string of the molecule is CCc1nc(-c2ccc(NC(=O)Nc3ccc(S(C)(=O)=O)cc3)cc2)nc(N2CCOCC2)c1C. The Morgan fingerprint density at radius 3 is 2.09 bits per heavy atom. The van der Waals surface area contributed by atoms with Gasteiger partial charge in [0.2, 0.25) is 0 Å². The van der Waals surface area contributed by atoms with Gasteiger partial charge in [0.1, 0.15) is 5.82 Å². The first kappa shape index (κ1) is 24.6. The Morgan fingerprint density at radius 2 is 1.54 bits per heavy atom. The van der Waals surface area contributed by atoms with Gasteiger partial charge >= 0.3 is 6.03 Å². The molecule has 35 heavy (non-hydrogen) atoms. The molecule has 1 fully saturated rings. The largest absolute Gasteiger partial charge is 0.378 e. The van der Waals surface area contributed by atoms with Crippen LogP contribution in [0.5, 0.6) is 0 Å². The second-order valence-electron chi connectivity index (χ2n) is 8.35. The van der Waals surface area contributed by atoms with Crippen LogP contribution in [0.15, 0.2) is 53.4 Å². The Balaban J connectivity index is 1.47. The summed E-state index contributed by atoms with van der Waals surface area (Å²) in [5, 5.41) is 5.47. The number of aromatic nitrogens is 2. The van der Waals surface area contributed by atoms with Crippen LogP contribution in [0.1, 0.15) is 18.2 Å². The number of morpholine rings is 1.